The Morgan fingerprint density at radius 3 is 2.51 bits per heavy atom. The van der Waals surface area contributed by atoms with Crippen molar-refractivity contribution in [2.75, 3.05) is 36.7 Å². The summed E-state index contributed by atoms with van der Waals surface area (Å²) in [6.45, 7) is 9.63. The number of fused-ring (bicyclic) bond motifs is 1. The van der Waals surface area contributed by atoms with Crippen LogP contribution in [0.4, 0.5) is 14.5 Å². The van der Waals surface area contributed by atoms with E-state index >= 15 is 4.39 Å². The molecule has 4 rings (SSSR count). The first-order valence-corrected chi connectivity index (χ1v) is 14.6. The van der Waals surface area contributed by atoms with Crippen molar-refractivity contribution >= 4 is 33.5 Å². The maximum atomic E-state index is 15.2. The van der Waals surface area contributed by atoms with Gasteiger partial charge in [0.15, 0.2) is 5.82 Å². The molecule has 1 atom stereocenters. The van der Waals surface area contributed by atoms with Crippen LogP contribution >= 0.6 is 0 Å². The van der Waals surface area contributed by atoms with Gasteiger partial charge in [-0.05, 0) is 50.2 Å². The topological polar surface area (TPSA) is 132 Å². The van der Waals surface area contributed by atoms with Gasteiger partial charge in [-0.3, -0.25) is 4.79 Å². The lowest BCUT2D eigenvalue weighted by Crippen LogP contribution is -2.25. The second-order valence-corrected chi connectivity index (χ2v) is 10.5. The molecule has 4 N–H and O–H groups in total. The number of ketones is 1. The van der Waals surface area contributed by atoms with E-state index in [2.05, 4.69) is 38.4 Å². The van der Waals surface area contributed by atoms with Crippen molar-refractivity contribution in [3.63, 3.8) is 0 Å². The van der Waals surface area contributed by atoms with Gasteiger partial charge < -0.3 is 24.8 Å². The van der Waals surface area contributed by atoms with Crippen molar-refractivity contribution in [1.29, 1.82) is 0 Å². The molecule has 220 valence electrons. The van der Waals surface area contributed by atoms with E-state index in [9.17, 15) is 13.4 Å². The Labute approximate surface area is 240 Å². The number of pyridine rings is 2. The minimum absolute atomic E-state index is 0. The molecule has 4 aromatic rings. The molecule has 0 fully saturated rings. The molecular weight excluding hydrogens is 552 g/mol. The molecule has 41 heavy (non-hydrogen) atoms. The van der Waals surface area contributed by atoms with Gasteiger partial charge in [0.1, 0.15) is 22.5 Å². The molecule has 3 aromatic heterocycles. The molecule has 9 nitrogen and oxygen atoms in total. The van der Waals surface area contributed by atoms with Crippen molar-refractivity contribution in [1.82, 2.24) is 19.9 Å². The summed E-state index contributed by atoms with van der Waals surface area (Å²) in [6, 6.07) is 7.46. The highest BCUT2D eigenvalue weighted by Gasteiger charge is 2.25. The molecule has 1 unspecified atom stereocenters. The van der Waals surface area contributed by atoms with Crippen LogP contribution < -0.4 is 9.46 Å². The smallest absolute Gasteiger partial charge is 0.213 e. The Balaban J connectivity index is 0.00000462. The number of benzene rings is 1. The number of nitrogens with zero attached hydrogens (tertiary/aromatic N) is 3. The average molecular weight is 588 g/mol. The molecule has 0 bridgehead atoms. The molecule has 0 aliphatic heterocycles. The number of hydrogen-bond acceptors (Lipinski definition) is 6. The fraction of sp³-hybridized carbons (Fsp3) is 0.345. The molecule has 0 radical (unpaired) electrons. The number of hydrogen-bond donors (Lipinski definition) is 2. The van der Waals surface area contributed by atoms with Crippen LogP contribution in [-0.4, -0.2) is 67.3 Å². The monoisotopic (exact) mass is 587 g/mol. The van der Waals surface area contributed by atoms with E-state index in [1.165, 1.54) is 6.20 Å². The summed E-state index contributed by atoms with van der Waals surface area (Å²) in [7, 11) is -1.56. The first-order chi connectivity index (χ1) is 19.4. The Morgan fingerprint density at radius 1 is 1.07 bits per heavy atom. The predicted octanol–water partition coefficient (Wildman–Crippen LogP) is 4.91. The Hall–Kier alpha value is -3.74. The Bertz CT molecular complexity index is 1490. The Kier molecular flexibility index (Phi) is 11.4. The molecule has 12 heteroatoms. The summed E-state index contributed by atoms with van der Waals surface area (Å²) in [5, 5.41) is 0.408. The van der Waals surface area contributed by atoms with E-state index < -0.39 is 34.0 Å². The van der Waals surface area contributed by atoms with Crippen LogP contribution in [-0.2, 0) is 11.0 Å². The highest BCUT2D eigenvalue weighted by Crippen LogP contribution is 2.29. The van der Waals surface area contributed by atoms with Gasteiger partial charge in [0.2, 0.25) is 11.7 Å². The van der Waals surface area contributed by atoms with Gasteiger partial charge in [0, 0.05) is 59.0 Å². The van der Waals surface area contributed by atoms with E-state index in [0.29, 0.717) is 35.5 Å². The molecule has 0 saturated heterocycles. The quantitative estimate of drug-likeness (QED) is 0.159. The number of ether oxygens (including phenoxy) is 1. The first-order valence-electron chi connectivity index (χ1n) is 13.3. The van der Waals surface area contributed by atoms with Crippen LogP contribution in [0.1, 0.15) is 49.5 Å². The van der Waals surface area contributed by atoms with Gasteiger partial charge in [-0.1, -0.05) is 20.8 Å². The van der Waals surface area contributed by atoms with Gasteiger partial charge in [0.25, 0.3) is 0 Å². The number of aromatic nitrogens is 3. The maximum absolute atomic E-state index is 15.2. The van der Waals surface area contributed by atoms with E-state index in [-0.39, 0.29) is 22.5 Å². The molecular formula is C29H35F2N5O4S. The van der Waals surface area contributed by atoms with E-state index in [4.69, 9.17) is 4.74 Å². The highest BCUT2D eigenvalue weighted by molar-refractivity contribution is 7.86. The number of nitrogens with one attached hydrogen (secondary N) is 2. The normalized spacial score (nSPS) is 11.9. The summed E-state index contributed by atoms with van der Waals surface area (Å²) in [5.41, 5.74) is 0.951. The van der Waals surface area contributed by atoms with Crippen LogP contribution in [0.5, 0.6) is 5.88 Å². The zero-order valence-electron chi connectivity index (χ0n) is 23.3. The number of H-pyrrole nitrogens is 1. The van der Waals surface area contributed by atoms with Crippen LogP contribution in [0.25, 0.3) is 22.2 Å². The number of carbonyl (C=O) groups is 1. The lowest BCUT2D eigenvalue weighted by Gasteiger charge is -2.17. The molecule has 3 heterocycles. The fourth-order valence-electron chi connectivity index (χ4n) is 4.32. The number of halogens is 2. The van der Waals surface area contributed by atoms with Crippen molar-refractivity contribution in [3.8, 4) is 17.0 Å². The standard InChI is InChI=1S/C29H33F2N5O3S.H2O/c1-4-14-40(38)35-24-10-9-23(30)26(27(24)31)28(37)22-18-34-29-21(22)15-20(17-33-29)19-8-11-25(32-16-19)39-13-7-12-36(5-2)6-3;/h8-11,15-18,35H,4-7,12-14H2,1-3H3,(H,33,34);1H2. The Morgan fingerprint density at radius 2 is 1.83 bits per heavy atom. The highest BCUT2D eigenvalue weighted by atomic mass is 32.2. The lowest BCUT2D eigenvalue weighted by molar-refractivity contribution is 0.103. The van der Waals surface area contributed by atoms with E-state index in [1.807, 2.05) is 13.0 Å². The molecule has 0 amide bonds. The van der Waals surface area contributed by atoms with Gasteiger partial charge in [0.05, 0.1) is 17.9 Å². The largest absolute Gasteiger partial charge is 0.478 e. The molecule has 0 saturated carbocycles. The van der Waals surface area contributed by atoms with Crippen LogP contribution in [0.2, 0.25) is 0 Å². The van der Waals surface area contributed by atoms with E-state index in [0.717, 1.165) is 43.8 Å². The van der Waals surface area contributed by atoms with E-state index in [1.54, 1.807) is 24.5 Å². The zero-order valence-corrected chi connectivity index (χ0v) is 24.1. The van der Waals surface area contributed by atoms with Gasteiger partial charge in [-0.25, -0.2) is 23.0 Å². The third-order valence-electron chi connectivity index (χ3n) is 6.54. The fourth-order valence-corrected chi connectivity index (χ4v) is 5.20. The minimum atomic E-state index is -1.56. The van der Waals surface area contributed by atoms with Gasteiger partial charge in [-0.2, -0.15) is 0 Å². The third-order valence-corrected chi connectivity index (χ3v) is 7.77. The van der Waals surface area contributed by atoms with Crippen LogP contribution in [0.3, 0.4) is 0 Å². The van der Waals surface area contributed by atoms with Gasteiger partial charge >= 0.3 is 0 Å². The summed E-state index contributed by atoms with van der Waals surface area (Å²) in [4.78, 5) is 27.3. The summed E-state index contributed by atoms with van der Waals surface area (Å²) in [5.74, 6) is -2.16. The molecule has 0 aliphatic carbocycles. The number of anilines is 1. The van der Waals surface area contributed by atoms with Crippen molar-refractivity contribution < 1.29 is 28.0 Å². The lowest BCUT2D eigenvalue weighted by atomic mass is 10.00. The first kappa shape index (κ1) is 31.8. The third kappa shape index (κ3) is 7.51. The second kappa shape index (κ2) is 14.8. The maximum Gasteiger partial charge on any atom is 0.213 e. The summed E-state index contributed by atoms with van der Waals surface area (Å²) < 4.78 is 50.3. The second-order valence-electron chi connectivity index (χ2n) is 9.20. The molecule has 0 aliphatic rings. The minimum Gasteiger partial charge on any atom is -0.478 e. The molecule has 0 spiro atoms. The summed E-state index contributed by atoms with van der Waals surface area (Å²) in [6.07, 6.45) is 6.17. The predicted molar refractivity (Wildman–Crippen MR) is 158 cm³/mol. The van der Waals surface area contributed by atoms with Crippen molar-refractivity contribution in [2.24, 2.45) is 0 Å². The number of rotatable bonds is 14. The molecule has 1 aromatic carbocycles. The number of aromatic amines is 1. The van der Waals surface area contributed by atoms with Crippen LogP contribution in [0, 0.1) is 11.6 Å². The van der Waals surface area contributed by atoms with Gasteiger partial charge in [-0.15, -0.1) is 0 Å². The SMILES string of the molecule is CCCS(=O)Nc1ccc(F)c(C(=O)c2c[nH]c3ncc(-c4ccc(OCCCN(CC)CC)nc4)cc23)c1F.O. The number of carbonyl (C=O) groups excluding carboxylic acids is 1. The summed E-state index contributed by atoms with van der Waals surface area (Å²) >= 11 is 0. The van der Waals surface area contributed by atoms with Crippen LogP contribution in [0.15, 0.2) is 48.9 Å². The van der Waals surface area contributed by atoms with Crippen molar-refractivity contribution in [3.05, 3.63) is 71.7 Å². The zero-order chi connectivity index (χ0) is 28.6. The average Bonchev–Trinajstić information content (AvgIpc) is 3.38. The van der Waals surface area contributed by atoms with Crippen molar-refractivity contribution in [2.45, 2.75) is 33.6 Å².